The number of hydrogen-bond donors (Lipinski definition) is 2. The fourth-order valence-electron chi connectivity index (χ4n) is 1.76. The molecule has 7 nitrogen and oxygen atoms in total. The largest absolute Gasteiger partial charge is 0.479 e. The summed E-state index contributed by atoms with van der Waals surface area (Å²) in [5.41, 5.74) is -3.36. The Balaban J connectivity index is 2.73. The first-order valence-corrected chi connectivity index (χ1v) is 6.12. The highest BCUT2D eigenvalue weighted by Gasteiger charge is 2.58. The van der Waals surface area contributed by atoms with E-state index in [1.165, 1.54) is 17.1 Å². The van der Waals surface area contributed by atoms with Gasteiger partial charge in [-0.1, -0.05) is 0 Å². The Kier molecular flexibility index (Phi) is 4.69. The maximum atomic E-state index is 12.8. The number of hydrogen-bond acceptors (Lipinski definition) is 3. The molecule has 10 heteroatoms. The standard InChI is InChI=1S/C11H16F3N3O4/c1-7(18)16-3-5-17(6-4-16)9(21)15-10(2,8(19)20)11(12,13)14/h3-6H2,1-2H3,(H,15,21)(H,19,20). The normalized spacial score (nSPS) is 18.9. The van der Waals surface area contributed by atoms with E-state index in [0.717, 1.165) is 4.90 Å². The van der Waals surface area contributed by atoms with Gasteiger partial charge in [-0.2, -0.15) is 13.2 Å². The lowest BCUT2D eigenvalue weighted by Gasteiger charge is -2.36. The molecule has 1 atom stereocenters. The average Bonchev–Trinajstić information content (AvgIpc) is 2.37. The number of aliphatic carboxylic acids is 1. The number of urea groups is 1. The Morgan fingerprint density at radius 2 is 1.48 bits per heavy atom. The molecule has 1 heterocycles. The van der Waals surface area contributed by atoms with Crippen molar-refractivity contribution in [2.75, 3.05) is 26.2 Å². The van der Waals surface area contributed by atoms with Gasteiger partial charge in [-0.3, -0.25) is 4.79 Å². The van der Waals surface area contributed by atoms with Crippen LogP contribution in [0.1, 0.15) is 13.8 Å². The second-order valence-corrected chi connectivity index (χ2v) is 4.85. The third-order valence-corrected chi connectivity index (χ3v) is 3.36. The molecule has 0 aromatic rings. The summed E-state index contributed by atoms with van der Waals surface area (Å²) in [5.74, 6) is -2.38. The van der Waals surface area contributed by atoms with Crippen molar-refractivity contribution in [3.8, 4) is 0 Å². The molecule has 120 valence electrons. The van der Waals surface area contributed by atoms with Crippen LogP contribution < -0.4 is 5.32 Å². The molecule has 0 spiro atoms. The number of nitrogens with one attached hydrogen (secondary N) is 1. The van der Waals surface area contributed by atoms with Gasteiger partial charge in [0.25, 0.3) is 0 Å². The number of carboxylic acid groups (broad SMARTS) is 1. The number of carboxylic acids is 1. The van der Waals surface area contributed by atoms with Crippen molar-refractivity contribution in [3.05, 3.63) is 0 Å². The van der Waals surface area contributed by atoms with Gasteiger partial charge in [-0.05, 0) is 6.92 Å². The van der Waals surface area contributed by atoms with Crippen LogP contribution in [0.25, 0.3) is 0 Å². The molecule has 1 rings (SSSR count). The fraction of sp³-hybridized carbons (Fsp3) is 0.727. The number of rotatable bonds is 2. The molecule has 2 N–H and O–H groups in total. The van der Waals surface area contributed by atoms with Crippen molar-refractivity contribution in [2.24, 2.45) is 0 Å². The van der Waals surface area contributed by atoms with Gasteiger partial charge < -0.3 is 20.2 Å². The topological polar surface area (TPSA) is 90.0 Å². The summed E-state index contributed by atoms with van der Waals surface area (Å²) in [4.78, 5) is 36.2. The van der Waals surface area contributed by atoms with Crippen LogP contribution in [-0.4, -0.2) is 70.7 Å². The molecule has 0 aromatic heterocycles. The van der Waals surface area contributed by atoms with Crippen LogP contribution in [0.4, 0.5) is 18.0 Å². The number of halogens is 3. The van der Waals surface area contributed by atoms with Crippen molar-refractivity contribution in [1.29, 1.82) is 0 Å². The highest BCUT2D eigenvalue weighted by molar-refractivity contribution is 5.87. The molecule has 0 aromatic carbocycles. The van der Waals surface area contributed by atoms with Gasteiger partial charge in [-0.25, -0.2) is 9.59 Å². The number of alkyl halides is 3. The molecular formula is C11H16F3N3O4. The van der Waals surface area contributed by atoms with Crippen molar-refractivity contribution in [1.82, 2.24) is 15.1 Å². The van der Waals surface area contributed by atoms with Gasteiger partial charge in [-0.15, -0.1) is 0 Å². The third kappa shape index (κ3) is 3.56. The highest BCUT2D eigenvalue weighted by Crippen LogP contribution is 2.30. The first-order valence-electron chi connectivity index (χ1n) is 6.12. The SMILES string of the molecule is CC(=O)N1CCN(C(=O)NC(C)(C(=O)O)C(F)(F)F)CC1. The number of carbonyl (C=O) groups excluding carboxylic acids is 2. The first kappa shape index (κ1) is 17.1. The van der Waals surface area contributed by atoms with E-state index in [4.69, 9.17) is 5.11 Å². The Hall–Kier alpha value is -2.00. The number of nitrogens with zero attached hydrogens (tertiary/aromatic N) is 2. The molecule has 0 aliphatic carbocycles. The lowest BCUT2D eigenvalue weighted by Crippen LogP contribution is -2.65. The number of piperazine rings is 1. The van der Waals surface area contributed by atoms with Crippen LogP contribution in [0.15, 0.2) is 0 Å². The predicted octanol–water partition coefficient (Wildman–Crippen LogP) is 0.266. The van der Waals surface area contributed by atoms with E-state index in [-0.39, 0.29) is 32.1 Å². The Morgan fingerprint density at radius 1 is 1.05 bits per heavy atom. The monoisotopic (exact) mass is 311 g/mol. The zero-order valence-electron chi connectivity index (χ0n) is 11.5. The van der Waals surface area contributed by atoms with E-state index >= 15 is 0 Å². The zero-order chi connectivity index (χ0) is 16.4. The molecule has 0 radical (unpaired) electrons. The van der Waals surface area contributed by atoms with Crippen molar-refractivity contribution in [3.63, 3.8) is 0 Å². The summed E-state index contributed by atoms with van der Waals surface area (Å²) in [6, 6.07) is -1.12. The van der Waals surface area contributed by atoms with Gasteiger partial charge >= 0.3 is 18.2 Å². The van der Waals surface area contributed by atoms with Gasteiger partial charge in [0, 0.05) is 33.1 Å². The quantitative estimate of drug-likeness (QED) is 0.766. The van der Waals surface area contributed by atoms with Gasteiger partial charge in [0.05, 0.1) is 0 Å². The van der Waals surface area contributed by atoms with Crippen molar-refractivity contribution >= 4 is 17.9 Å². The van der Waals surface area contributed by atoms with Gasteiger partial charge in [0.15, 0.2) is 0 Å². The zero-order valence-corrected chi connectivity index (χ0v) is 11.5. The molecule has 1 fully saturated rings. The van der Waals surface area contributed by atoms with Gasteiger partial charge in [0.2, 0.25) is 11.4 Å². The smallest absolute Gasteiger partial charge is 0.422 e. The highest BCUT2D eigenvalue weighted by atomic mass is 19.4. The lowest BCUT2D eigenvalue weighted by atomic mass is 10.0. The molecule has 0 bridgehead atoms. The van der Waals surface area contributed by atoms with E-state index in [2.05, 4.69) is 0 Å². The minimum absolute atomic E-state index is 0.0406. The molecule has 1 aliphatic heterocycles. The van der Waals surface area contributed by atoms with E-state index < -0.39 is 23.7 Å². The Labute approximate surface area is 118 Å². The minimum atomic E-state index is -5.13. The van der Waals surface area contributed by atoms with Gasteiger partial charge in [0.1, 0.15) is 0 Å². The van der Waals surface area contributed by atoms with Crippen LogP contribution >= 0.6 is 0 Å². The fourth-order valence-corrected chi connectivity index (χ4v) is 1.76. The summed E-state index contributed by atoms with van der Waals surface area (Å²) >= 11 is 0. The maximum absolute atomic E-state index is 12.8. The predicted molar refractivity (Wildman–Crippen MR) is 64.5 cm³/mol. The lowest BCUT2D eigenvalue weighted by molar-refractivity contribution is -0.203. The maximum Gasteiger partial charge on any atom is 0.422 e. The van der Waals surface area contributed by atoms with Crippen LogP contribution in [0.2, 0.25) is 0 Å². The minimum Gasteiger partial charge on any atom is -0.479 e. The van der Waals surface area contributed by atoms with Crippen LogP contribution in [0.3, 0.4) is 0 Å². The van der Waals surface area contributed by atoms with E-state index in [0.29, 0.717) is 6.92 Å². The second-order valence-electron chi connectivity index (χ2n) is 4.85. The molecule has 1 saturated heterocycles. The van der Waals surface area contributed by atoms with Crippen LogP contribution in [-0.2, 0) is 9.59 Å². The van der Waals surface area contributed by atoms with E-state index in [1.54, 1.807) is 0 Å². The third-order valence-electron chi connectivity index (χ3n) is 3.36. The van der Waals surface area contributed by atoms with E-state index in [1.807, 2.05) is 0 Å². The summed E-state index contributed by atoms with van der Waals surface area (Å²) < 4.78 is 38.4. The molecule has 1 aliphatic rings. The van der Waals surface area contributed by atoms with Crippen LogP contribution in [0.5, 0.6) is 0 Å². The summed E-state index contributed by atoms with van der Waals surface area (Å²) in [5, 5.41) is 10.2. The molecule has 3 amide bonds. The van der Waals surface area contributed by atoms with Crippen LogP contribution in [0, 0.1) is 0 Å². The molecule has 21 heavy (non-hydrogen) atoms. The first-order chi connectivity index (χ1) is 9.49. The Bertz CT molecular complexity index is 446. The summed E-state index contributed by atoms with van der Waals surface area (Å²) in [6.45, 7) is 2.20. The molecular weight excluding hydrogens is 295 g/mol. The van der Waals surface area contributed by atoms with E-state index in [9.17, 15) is 27.6 Å². The Morgan fingerprint density at radius 3 is 1.81 bits per heavy atom. The van der Waals surface area contributed by atoms with Crippen molar-refractivity contribution in [2.45, 2.75) is 25.6 Å². The summed E-state index contributed by atoms with van der Waals surface area (Å²) in [7, 11) is 0. The average molecular weight is 311 g/mol. The number of carbonyl (C=O) groups is 3. The second kappa shape index (κ2) is 5.78. The molecule has 0 saturated carbocycles. The molecule has 1 unspecified atom stereocenters. The van der Waals surface area contributed by atoms with Crippen molar-refractivity contribution < 1.29 is 32.7 Å². The number of amides is 3. The summed E-state index contributed by atoms with van der Waals surface area (Å²) in [6.07, 6.45) is -5.13.